The Hall–Kier alpha value is -4.45. The molecule has 0 rings (SSSR count). The Labute approximate surface area is 449 Å². The number of esters is 3. The van der Waals surface area contributed by atoms with E-state index in [2.05, 4.69) is 154 Å². The quantitative estimate of drug-likeness (QED) is 0.0261. The zero-order valence-corrected chi connectivity index (χ0v) is 47.1. The van der Waals surface area contributed by atoms with Crippen molar-refractivity contribution in [3.63, 3.8) is 0 Å². The summed E-state index contributed by atoms with van der Waals surface area (Å²) >= 11 is 0. The molecule has 0 spiro atoms. The van der Waals surface area contributed by atoms with Gasteiger partial charge in [0.2, 0.25) is 0 Å². The molecule has 0 bridgehead atoms. The molecule has 0 aliphatic rings. The fraction of sp³-hybridized carbons (Fsp3) is 0.627. The molecule has 0 radical (unpaired) electrons. The van der Waals surface area contributed by atoms with Crippen LogP contribution in [0.2, 0.25) is 0 Å². The highest BCUT2D eigenvalue weighted by Crippen LogP contribution is 2.14. The summed E-state index contributed by atoms with van der Waals surface area (Å²) in [6, 6.07) is 0. The van der Waals surface area contributed by atoms with Gasteiger partial charge < -0.3 is 14.2 Å². The predicted octanol–water partition coefficient (Wildman–Crippen LogP) is 20.2. The van der Waals surface area contributed by atoms with E-state index in [1.54, 1.807) is 0 Å². The molecule has 1 unspecified atom stereocenters. The molecule has 0 N–H and O–H groups in total. The number of ether oxygens (including phenoxy) is 3. The number of allylic oxidation sites excluding steroid dienone is 22. The molecule has 73 heavy (non-hydrogen) atoms. The number of carbonyl (C=O) groups excluding carboxylic acids is 3. The van der Waals surface area contributed by atoms with Gasteiger partial charge in [0, 0.05) is 19.3 Å². The second-order valence-electron chi connectivity index (χ2n) is 19.2. The van der Waals surface area contributed by atoms with Crippen LogP contribution in [0.1, 0.15) is 252 Å². The van der Waals surface area contributed by atoms with Gasteiger partial charge in [0.05, 0.1) is 0 Å². The van der Waals surface area contributed by atoms with Gasteiger partial charge in [0.25, 0.3) is 0 Å². The van der Waals surface area contributed by atoms with Crippen LogP contribution < -0.4 is 0 Å². The molecule has 0 amide bonds. The lowest BCUT2D eigenvalue weighted by molar-refractivity contribution is -0.167. The van der Waals surface area contributed by atoms with Crippen molar-refractivity contribution in [3.8, 4) is 0 Å². The Morgan fingerprint density at radius 2 is 0.548 bits per heavy atom. The van der Waals surface area contributed by atoms with E-state index in [-0.39, 0.29) is 37.5 Å². The minimum atomic E-state index is -0.808. The highest BCUT2D eigenvalue weighted by atomic mass is 16.6. The molecular weight excluding hydrogens is 901 g/mol. The summed E-state index contributed by atoms with van der Waals surface area (Å²) in [5, 5.41) is 0. The van der Waals surface area contributed by atoms with Gasteiger partial charge in [-0.2, -0.15) is 0 Å². The molecule has 0 saturated heterocycles. The van der Waals surface area contributed by atoms with E-state index in [1.165, 1.54) is 89.9 Å². The molecule has 0 aromatic rings. The number of hydrogen-bond donors (Lipinski definition) is 0. The van der Waals surface area contributed by atoms with Gasteiger partial charge in [-0.3, -0.25) is 14.4 Å². The van der Waals surface area contributed by atoms with E-state index in [1.807, 2.05) is 0 Å². The summed E-state index contributed by atoms with van der Waals surface area (Å²) in [7, 11) is 0. The smallest absolute Gasteiger partial charge is 0.306 e. The molecule has 412 valence electrons. The van der Waals surface area contributed by atoms with Crippen LogP contribution in [0.3, 0.4) is 0 Å². The minimum absolute atomic E-state index is 0.102. The number of unbranched alkanes of at least 4 members (excludes halogenated alkanes) is 19. The number of carbonyl (C=O) groups is 3. The molecule has 0 aliphatic heterocycles. The van der Waals surface area contributed by atoms with E-state index in [0.717, 1.165) is 116 Å². The Morgan fingerprint density at radius 3 is 0.904 bits per heavy atom. The highest BCUT2D eigenvalue weighted by molar-refractivity contribution is 5.71. The maximum Gasteiger partial charge on any atom is 0.306 e. The summed E-state index contributed by atoms with van der Waals surface area (Å²) in [5.74, 6) is -0.980. The zero-order valence-electron chi connectivity index (χ0n) is 47.1. The fourth-order valence-electron chi connectivity index (χ4n) is 7.71. The van der Waals surface area contributed by atoms with Gasteiger partial charge in [0.1, 0.15) is 13.2 Å². The van der Waals surface area contributed by atoms with E-state index in [0.29, 0.717) is 19.3 Å². The molecule has 0 aliphatic carbocycles. The summed E-state index contributed by atoms with van der Waals surface area (Å²) in [6.45, 7) is 6.42. The Kier molecular flexibility index (Phi) is 56.4. The van der Waals surface area contributed by atoms with Gasteiger partial charge in [-0.05, 0) is 116 Å². The van der Waals surface area contributed by atoms with Crippen molar-refractivity contribution < 1.29 is 28.6 Å². The van der Waals surface area contributed by atoms with Gasteiger partial charge in [-0.25, -0.2) is 0 Å². The van der Waals surface area contributed by atoms with Gasteiger partial charge in [0.15, 0.2) is 6.10 Å². The van der Waals surface area contributed by atoms with E-state index in [9.17, 15) is 14.4 Å². The minimum Gasteiger partial charge on any atom is -0.462 e. The third kappa shape index (κ3) is 58.3. The maximum absolute atomic E-state index is 12.8. The van der Waals surface area contributed by atoms with Crippen LogP contribution in [0.5, 0.6) is 0 Å². The summed E-state index contributed by atoms with van der Waals surface area (Å²) in [6.07, 6.45) is 84.6. The van der Waals surface area contributed by atoms with Crippen molar-refractivity contribution in [1.82, 2.24) is 0 Å². The SMILES string of the molecule is CC/C=C\C/C=C\C/C=C\C/C=C\C/C=C\C/C=C\C/C=C\C/C=C\C/C=C\CCCC(=O)OCC(COC(=O)CCCCCCCCCC)OC(=O)CCCCCCCCC/C=C\C/C=C\CCCCCC. The summed E-state index contributed by atoms with van der Waals surface area (Å²) < 4.78 is 16.7. The van der Waals surface area contributed by atoms with Crippen LogP contribution in [-0.4, -0.2) is 37.2 Å². The highest BCUT2D eigenvalue weighted by Gasteiger charge is 2.19. The van der Waals surface area contributed by atoms with Crippen molar-refractivity contribution in [2.45, 2.75) is 258 Å². The monoisotopic (exact) mass is 1010 g/mol. The first-order chi connectivity index (χ1) is 36.0. The average molecular weight is 1010 g/mol. The second kappa shape index (κ2) is 60.1. The number of hydrogen-bond acceptors (Lipinski definition) is 6. The van der Waals surface area contributed by atoms with Crippen LogP contribution in [0.4, 0.5) is 0 Å². The van der Waals surface area contributed by atoms with Crippen molar-refractivity contribution >= 4 is 17.9 Å². The second-order valence-corrected chi connectivity index (χ2v) is 19.2. The van der Waals surface area contributed by atoms with Gasteiger partial charge >= 0.3 is 17.9 Å². The largest absolute Gasteiger partial charge is 0.462 e. The summed E-state index contributed by atoms with van der Waals surface area (Å²) in [4.78, 5) is 38.0. The van der Waals surface area contributed by atoms with Gasteiger partial charge in [-0.15, -0.1) is 0 Å². The molecule has 0 aromatic heterocycles. The maximum atomic E-state index is 12.8. The topological polar surface area (TPSA) is 78.9 Å². The molecule has 6 nitrogen and oxygen atoms in total. The lowest BCUT2D eigenvalue weighted by Crippen LogP contribution is -2.30. The molecule has 0 heterocycles. The first kappa shape index (κ1) is 68.6. The zero-order chi connectivity index (χ0) is 52.9. The molecule has 6 heteroatoms. The summed E-state index contributed by atoms with van der Waals surface area (Å²) in [5.41, 5.74) is 0. The fourth-order valence-corrected chi connectivity index (χ4v) is 7.71. The first-order valence-electron chi connectivity index (χ1n) is 29.7. The van der Waals surface area contributed by atoms with E-state index in [4.69, 9.17) is 14.2 Å². The van der Waals surface area contributed by atoms with E-state index < -0.39 is 6.10 Å². The van der Waals surface area contributed by atoms with Crippen molar-refractivity contribution in [2.24, 2.45) is 0 Å². The van der Waals surface area contributed by atoms with Crippen molar-refractivity contribution in [3.05, 3.63) is 134 Å². The average Bonchev–Trinajstić information content (AvgIpc) is 3.39. The Balaban J connectivity index is 4.36. The Bertz CT molecular complexity index is 1580. The van der Waals surface area contributed by atoms with Crippen LogP contribution in [0, 0.1) is 0 Å². The van der Waals surface area contributed by atoms with Crippen LogP contribution >= 0.6 is 0 Å². The molecule has 0 fully saturated rings. The first-order valence-corrected chi connectivity index (χ1v) is 29.7. The lowest BCUT2D eigenvalue weighted by atomic mass is 10.1. The van der Waals surface area contributed by atoms with Crippen LogP contribution in [0.25, 0.3) is 0 Å². The lowest BCUT2D eigenvalue weighted by Gasteiger charge is -2.18. The molecule has 0 aromatic carbocycles. The third-order valence-electron chi connectivity index (χ3n) is 12.1. The normalized spacial score (nSPS) is 13.1. The third-order valence-corrected chi connectivity index (χ3v) is 12.1. The van der Waals surface area contributed by atoms with Gasteiger partial charge in [-0.1, -0.05) is 251 Å². The van der Waals surface area contributed by atoms with E-state index >= 15 is 0 Å². The molecule has 0 saturated carbocycles. The Morgan fingerprint density at radius 1 is 0.288 bits per heavy atom. The van der Waals surface area contributed by atoms with Crippen LogP contribution in [0.15, 0.2) is 134 Å². The molecular formula is C67H108O6. The number of rotatable bonds is 52. The van der Waals surface area contributed by atoms with Crippen LogP contribution in [-0.2, 0) is 28.6 Å². The predicted molar refractivity (Wildman–Crippen MR) is 316 cm³/mol. The standard InChI is InChI=1S/C67H108O6/c1-4-7-10-13-16-19-21-23-25-27-29-30-31-32-33-34-35-36-37-38-39-41-42-44-46-48-51-54-57-60-66(69)72-63-64(62-71-65(68)59-56-53-50-18-15-12-9-6-3)73-67(70)61-58-55-52-49-47-45-43-40-28-26-24-22-20-17-14-11-8-5-2/h7,10,16,19-20,22-23,25-26,28-30,32-33,35-36,38-39,42,44,48,51,64H,4-6,8-9,11-15,17-18,21,24,27,31,34,37,40-41,43,45-47,49-50,52-63H2,1-3H3/b10-7-,19-16-,22-20-,25-23-,28-26-,30-29-,33-32-,36-35-,39-38-,44-42-,51-48-. The van der Waals surface area contributed by atoms with Crippen molar-refractivity contribution in [1.29, 1.82) is 0 Å². The molecule has 1 atom stereocenters. The van der Waals surface area contributed by atoms with Crippen molar-refractivity contribution in [2.75, 3.05) is 13.2 Å².